The fourth-order valence-electron chi connectivity index (χ4n) is 3.53. The molecule has 0 bridgehead atoms. The number of aromatic nitrogens is 4. The maximum atomic E-state index is 12.8. The highest BCUT2D eigenvalue weighted by Crippen LogP contribution is 2.25. The van der Waals surface area contributed by atoms with Crippen molar-refractivity contribution in [2.24, 2.45) is 7.05 Å². The van der Waals surface area contributed by atoms with Gasteiger partial charge in [-0.3, -0.25) is 9.48 Å². The van der Waals surface area contributed by atoms with Crippen LogP contribution in [0.1, 0.15) is 32.2 Å². The van der Waals surface area contributed by atoms with E-state index < -0.39 is 19.2 Å². The summed E-state index contributed by atoms with van der Waals surface area (Å²) in [7, 11) is 1.78. The number of carbonyl (C=O) groups excluding carboxylic acids is 2. The molecular formula is C23H20F2N4O4S. The summed E-state index contributed by atoms with van der Waals surface area (Å²) < 4.78 is 37.8. The largest absolute Gasteiger partial charge is 0.453 e. The summed E-state index contributed by atoms with van der Waals surface area (Å²) in [4.78, 5) is 29.4. The van der Waals surface area contributed by atoms with Gasteiger partial charge in [0.15, 0.2) is 12.3 Å². The lowest BCUT2D eigenvalue weighted by Crippen LogP contribution is -2.15. The first kappa shape index (κ1) is 23.3. The minimum absolute atomic E-state index is 0.0400. The summed E-state index contributed by atoms with van der Waals surface area (Å²) in [5.74, 6) is -1.02. The Morgan fingerprint density at radius 3 is 2.56 bits per heavy atom. The molecule has 1 aromatic carbocycles. The van der Waals surface area contributed by atoms with E-state index in [1.807, 2.05) is 11.5 Å². The Bertz CT molecular complexity index is 1340. The van der Waals surface area contributed by atoms with Crippen LogP contribution >= 0.6 is 11.3 Å². The predicted octanol–water partition coefficient (Wildman–Crippen LogP) is 4.59. The molecule has 0 saturated heterocycles. The van der Waals surface area contributed by atoms with Crippen LogP contribution in [-0.2, 0) is 11.8 Å². The SMILES string of the molecule is Cc1cc(C(=O)COC(=O)c2csc(-c3cnn(C)c3)n2)c(C)n1-c1ccc(OC(F)F)cc1. The van der Waals surface area contributed by atoms with Crippen LogP contribution in [0.5, 0.6) is 5.75 Å². The number of ether oxygens (including phenoxy) is 2. The average Bonchev–Trinajstić information content (AvgIpc) is 3.51. The van der Waals surface area contributed by atoms with E-state index in [-0.39, 0.29) is 17.2 Å². The highest BCUT2D eigenvalue weighted by molar-refractivity contribution is 7.13. The molecule has 0 aliphatic heterocycles. The third-order valence-electron chi connectivity index (χ3n) is 5.05. The van der Waals surface area contributed by atoms with E-state index in [1.165, 1.54) is 23.5 Å². The van der Waals surface area contributed by atoms with E-state index in [0.717, 1.165) is 11.3 Å². The van der Waals surface area contributed by atoms with Gasteiger partial charge in [0.2, 0.25) is 5.78 Å². The second-order valence-electron chi connectivity index (χ2n) is 7.43. The van der Waals surface area contributed by atoms with Gasteiger partial charge < -0.3 is 14.0 Å². The molecule has 0 N–H and O–H groups in total. The van der Waals surface area contributed by atoms with Gasteiger partial charge in [-0.25, -0.2) is 9.78 Å². The zero-order valence-electron chi connectivity index (χ0n) is 18.5. The van der Waals surface area contributed by atoms with E-state index in [4.69, 9.17) is 4.74 Å². The Labute approximate surface area is 197 Å². The van der Waals surface area contributed by atoms with Crippen LogP contribution in [0.3, 0.4) is 0 Å². The molecule has 176 valence electrons. The van der Waals surface area contributed by atoms with E-state index in [1.54, 1.807) is 54.6 Å². The average molecular weight is 487 g/mol. The summed E-state index contributed by atoms with van der Waals surface area (Å²) in [6.07, 6.45) is 3.43. The maximum absolute atomic E-state index is 12.8. The Morgan fingerprint density at radius 2 is 1.91 bits per heavy atom. The molecule has 0 aliphatic carbocycles. The molecule has 34 heavy (non-hydrogen) atoms. The first-order chi connectivity index (χ1) is 16.2. The molecule has 0 unspecified atom stereocenters. The molecule has 3 heterocycles. The van der Waals surface area contributed by atoms with Gasteiger partial charge in [-0.15, -0.1) is 11.3 Å². The quantitative estimate of drug-likeness (QED) is 0.267. The van der Waals surface area contributed by atoms with Crippen molar-refractivity contribution in [3.8, 4) is 22.0 Å². The molecule has 0 spiro atoms. The Kier molecular flexibility index (Phi) is 6.55. The van der Waals surface area contributed by atoms with Gasteiger partial charge in [-0.2, -0.15) is 13.9 Å². The molecule has 0 radical (unpaired) electrons. The third-order valence-corrected chi connectivity index (χ3v) is 5.94. The van der Waals surface area contributed by atoms with Crippen molar-refractivity contribution in [1.29, 1.82) is 0 Å². The molecule has 0 atom stereocenters. The molecule has 4 rings (SSSR count). The van der Waals surface area contributed by atoms with Gasteiger partial charge in [0.25, 0.3) is 0 Å². The lowest BCUT2D eigenvalue weighted by molar-refractivity contribution is -0.0498. The number of esters is 1. The maximum Gasteiger partial charge on any atom is 0.387 e. The zero-order valence-corrected chi connectivity index (χ0v) is 19.3. The van der Waals surface area contributed by atoms with E-state index in [2.05, 4.69) is 14.8 Å². The number of carbonyl (C=O) groups is 2. The number of hydrogen-bond acceptors (Lipinski definition) is 7. The standard InChI is InChI=1S/C23H20F2N4O4S/c1-13-8-18(14(2)29(13)16-4-6-17(7-5-16)33-23(24)25)20(30)11-32-22(31)19-12-34-21(27-19)15-9-26-28(3)10-15/h4-10,12,23H,11H2,1-3H3. The summed E-state index contributed by atoms with van der Waals surface area (Å²) in [5.41, 5.74) is 3.37. The number of alkyl halides is 2. The van der Waals surface area contributed by atoms with E-state index >= 15 is 0 Å². The zero-order chi connectivity index (χ0) is 24.4. The van der Waals surface area contributed by atoms with Gasteiger partial charge in [-0.05, 0) is 44.2 Å². The van der Waals surface area contributed by atoms with Crippen LogP contribution in [0.15, 0.2) is 48.1 Å². The highest BCUT2D eigenvalue weighted by atomic mass is 32.1. The fourth-order valence-corrected chi connectivity index (χ4v) is 4.30. The molecule has 8 nitrogen and oxygen atoms in total. The third kappa shape index (κ3) is 4.88. The van der Waals surface area contributed by atoms with E-state index in [9.17, 15) is 18.4 Å². The smallest absolute Gasteiger partial charge is 0.387 e. The Balaban J connectivity index is 1.44. The van der Waals surface area contributed by atoms with Crippen molar-refractivity contribution < 1.29 is 27.8 Å². The fraction of sp³-hybridized carbons (Fsp3) is 0.217. The van der Waals surface area contributed by atoms with Crippen molar-refractivity contribution in [1.82, 2.24) is 19.3 Å². The van der Waals surface area contributed by atoms with Crippen molar-refractivity contribution in [3.63, 3.8) is 0 Å². The number of halogens is 2. The van der Waals surface area contributed by atoms with Crippen LogP contribution < -0.4 is 4.74 Å². The van der Waals surface area contributed by atoms with Crippen LogP contribution in [0, 0.1) is 13.8 Å². The first-order valence-electron chi connectivity index (χ1n) is 10.1. The molecule has 4 aromatic rings. The van der Waals surface area contributed by atoms with Crippen LogP contribution in [0.4, 0.5) is 8.78 Å². The highest BCUT2D eigenvalue weighted by Gasteiger charge is 2.20. The summed E-state index contributed by atoms with van der Waals surface area (Å²) in [6.45, 7) is 0.226. The number of hydrogen-bond donors (Lipinski definition) is 0. The van der Waals surface area contributed by atoms with Crippen molar-refractivity contribution in [2.45, 2.75) is 20.5 Å². The normalized spacial score (nSPS) is 11.1. The van der Waals surface area contributed by atoms with Crippen LogP contribution in [0.2, 0.25) is 0 Å². The van der Waals surface area contributed by atoms with Gasteiger partial charge in [0.05, 0.1) is 6.20 Å². The Morgan fingerprint density at radius 1 is 1.18 bits per heavy atom. The van der Waals surface area contributed by atoms with Gasteiger partial charge in [0.1, 0.15) is 10.8 Å². The van der Waals surface area contributed by atoms with Crippen molar-refractivity contribution in [3.05, 3.63) is 70.8 Å². The summed E-state index contributed by atoms with van der Waals surface area (Å²) in [6, 6.07) is 7.79. The number of thiazole rings is 1. The molecule has 3 aromatic heterocycles. The first-order valence-corrected chi connectivity index (χ1v) is 11.0. The van der Waals surface area contributed by atoms with Crippen molar-refractivity contribution in [2.75, 3.05) is 6.61 Å². The lowest BCUT2D eigenvalue weighted by atomic mass is 10.1. The van der Waals surface area contributed by atoms with Gasteiger partial charge in [-0.1, -0.05) is 0 Å². The van der Waals surface area contributed by atoms with Crippen molar-refractivity contribution >= 4 is 23.1 Å². The second-order valence-corrected chi connectivity index (χ2v) is 8.29. The molecule has 0 saturated carbocycles. The number of aryl methyl sites for hydroxylation is 2. The number of ketones is 1. The molecule has 11 heteroatoms. The topological polar surface area (TPSA) is 88.2 Å². The monoisotopic (exact) mass is 486 g/mol. The molecular weight excluding hydrogens is 466 g/mol. The molecule has 0 aliphatic rings. The minimum Gasteiger partial charge on any atom is -0.453 e. The van der Waals surface area contributed by atoms with Gasteiger partial charge in [0, 0.05) is 46.8 Å². The van der Waals surface area contributed by atoms with Crippen LogP contribution in [-0.4, -0.2) is 44.3 Å². The number of rotatable bonds is 8. The molecule has 0 amide bonds. The summed E-state index contributed by atoms with van der Waals surface area (Å²) >= 11 is 1.28. The van der Waals surface area contributed by atoms with E-state index in [0.29, 0.717) is 22.0 Å². The number of Topliss-reactive ketones (excluding diaryl/α,β-unsaturated/α-hetero) is 1. The summed E-state index contributed by atoms with van der Waals surface area (Å²) in [5, 5.41) is 6.28. The Hall–Kier alpha value is -3.86. The second kappa shape index (κ2) is 9.56. The number of nitrogens with zero attached hydrogens (tertiary/aromatic N) is 4. The van der Waals surface area contributed by atoms with Crippen LogP contribution in [0.25, 0.3) is 16.3 Å². The molecule has 0 fully saturated rings. The number of benzene rings is 1. The van der Waals surface area contributed by atoms with Gasteiger partial charge >= 0.3 is 12.6 Å². The predicted molar refractivity (Wildman–Crippen MR) is 121 cm³/mol. The minimum atomic E-state index is -2.90. The lowest BCUT2D eigenvalue weighted by Gasteiger charge is -2.11.